The Labute approximate surface area is 125 Å². The molecule has 0 radical (unpaired) electrons. The number of rotatable bonds is 6. The highest BCUT2D eigenvalue weighted by Gasteiger charge is 2.40. The monoisotopic (exact) mass is 290 g/mol. The van der Waals surface area contributed by atoms with Crippen LogP contribution in [-0.4, -0.2) is 38.3 Å². The Bertz CT molecular complexity index is 485. The van der Waals surface area contributed by atoms with Crippen LogP contribution in [0.15, 0.2) is 24.3 Å². The maximum absolute atomic E-state index is 12.0. The van der Waals surface area contributed by atoms with E-state index in [0.717, 1.165) is 24.5 Å². The lowest BCUT2D eigenvalue weighted by atomic mass is 10.1. The molecular weight excluding hydrogens is 268 g/mol. The van der Waals surface area contributed by atoms with Crippen molar-refractivity contribution in [3.8, 4) is 5.75 Å². The van der Waals surface area contributed by atoms with Gasteiger partial charge in [-0.2, -0.15) is 0 Å². The van der Waals surface area contributed by atoms with Crippen molar-refractivity contribution < 1.29 is 14.3 Å². The number of nitrogens with one attached hydrogen (secondary N) is 2. The van der Waals surface area contributed by atoms with Gasteiger partial charge in [0, 0.05) is 18.3 Å². The Morgan fingerprint density at radius 1 is 1.29 bits per heavy atom. The van der Waals surface area contributed by atoms with Crippen LogP contribution in [0.3, 0.4) is 0 Å². The molecule has 1 aromatic carbocycles. The molecule has 0 bridgehead atoms. The summed E-state index contributed by atoms with van der Waals surface area (Å²) in [5.41, 5.74) is 0.781. The molecule has 2 fully saturated rings. The Hall–Kier alpha value is -1.59. The second kappa shape index (κ2) is 6.45. The lowest BCUT2D eigenvalue weighted by Crippen LogP contribution is -2.41. The topological polar surface area (TPSA) is 59.6 Å². The first kappa shape index (κ1) is 14.4. The molecule has 3 rings (SSSR count). The third kappa shape index (κ3) is 3.74. The standard InChI is InChI=1S/C16H22N2O3/c1-20-13-6-4-12(5-7-13)18-15(19)10-17-14-8-9-21-16(14)11-2-3-11/h4-7,11,14,16-17H,2-3,8-10H2,1H3,(H,18,19)/t14-,16-/m1/s1. The predicted molar refractivity (Wildman–Crippen MR) is 80.5 cm³/mol. The van der Waals surface area contributed by atoms with Gasteiger partial charge in [-0.05, 0) is 49.4 Å². The highest BCUT2D eigenvalue weighted by Crippen LogP contribution is 2.38. The number of carbonyl (C=O) groups excluding carboxylic acids is 1. The average molecular weight is 290 g/mol. The van der Waals surface area contributed by atoms with Crippen molar-refractivity contribution in [1.29, 1.82) is 0 Å². The summed E-state index contributed by atoms with van der Waals surface area (Å²) >= 11 is 0. The highest BCUT2D eigenvalue weighted by molar-refractivity contribution is 5.92. The first-order chi connectivity index (χ1) is 10.3. The van der Waals surface area contributed by atoms with E-state index < -0.39 is 0 Å². The molecule has 1 aliphatic heterocycles. The summed E-state index contributed by atoms with van der Waals surface area (Å²) < 4.78 is 10.8. The Balaban J connectivity index is 1.45. The molecule has 1 heterocycles. The quantitative estimate of drug-likeness (QED) is 0.838. The van der Waals surface area contributed by atoms with Gasteiger partial charge < -0.3 is 20.1 Å². The molecule has 0 unspecified atom stereocenters. The van der Waals surface area contributed by atoms with Gasteiger partial charge in [0.25, 0.3) is 0 Å². The minimum absolute atomic E-state index is 0.0263. The molecule has 21 heavy (non-hydrogen) atoms. The maximum Gasteiger partial charge on any atom is 0.238 e. The molecule has 2 aliphatic rings. The number of methoxy groups -OCH3 is 1. The van der Waals surface area contributed by atoms with Crippen LogP contribution < -0.4 is 15.4 Å². The summed E-state index contributed by atoms with van der Waals surface area (Å²) in [7, 11) is 1.62. The smallest absolute Gasteiger partial charge is 0.238 e. The molecule has 2 atom stereocenters. The first-order valence-corrected chi connectivity index (χ1v) is 7.55. The SMILES string of the molecule is COc1ccc(NC(=O)CN[C@@H]2CCO[C@@H]2C2CC2)cc1. The second-order valence-electron chi connectivity index (χ2n) is 5.73. The zero-order valence-electron chi connectivity index (χ0n) is 12.3. The second-order valence-corrected chi connectivity index (χ2v) is 5.73. The van der Waals surface area contributed by atoms with Gasteiger partial charge in [0.1, 0.15) is 5.75 Å². The van der Waals surface area contributed by atoms with Crippen LogP contribution in [0.5, 0.6) is 5.75 Å². The van der Waals surface area contributed by atoms with Gasteiger partial charge in [-0.1, -0.05) is 0 Å². The number of hydrogen-bond donors (Lipinski definition) is 2. The molecule has 0 spiro atoms. The number of anilines is 1. The predicted octanol–water partition coefficient (Wildman–Crippen LogP) is 1.79. The summed E-state index contributed by atoms with van der Waals surface area (Å²) in [5.74, 6) is 1.46. The summed E-state index contributed by atoms with van der Waals surface area (Å²) in [5, 5.41) is 6.21. The fraction of sp³-hybridized carbons (Fsp3) is 0.562. The van der Waals surface area contributed by atoms with E-state index in [-0.39, 0.29) is 5.91 Å². The van der Waals surface area contributed by atoms with Crippen LogP contribution in [0.4, 0.5) is 5.69 Å². The van der Waals surface area contributed by atoms with Gasteiger partial charge >= 0.3 is 0 Å². The minimum Gasteiger partial charge on any atom is -0.497 e. The number of ether oxygens (including phenoxy) is 2. The largest absolute Gasteiger partial charge is 0.497 e. The maximum atomic E-state index is 12.0. The number of hydrogen-bond acceptors (Lipinski definition) is 4. The van der Waals surface area contributed by atoms with E-state index in [1.54, 1.807) is 7.11 Å². The van der Waals surface area contributed by atoms with Crippen molar-refractivity contribution in [2.75, 3.05) is 25.6 Å². The van der Waals surface area contributed by atoms with Gasteiger partial charge in [0.2, 0.25) is 5.91 Å². The molecule has 114 valence electrons. The molecule has 1 amide bonds. The molecule has 5 nitrogen and oxygen atoms in total. The Kier molecular flexibility index (Phi) is 4.41. The van der Waals surface area contributed by atoms with Gasteiger partial charge in [0.05, 0.1) is 19.8 Å². The van der Waals surface area contributed by atoms with Crippen LogP contribution in [0.25, 0.3) is 0 Å². The zero-order valence-corrected chi connectivity index (χ0v) is 12.3. The third-order valence-corrected chi connectivity index (χ3v) is 4.12. The number of amides is 1. The Morgan fingerprint density at radius 3 is 2.71 bits per heavy atom. The molecule has 2 N–H and O–H groups in total. The van der Waals surface area contributed by atoms with Gasteiger partial charge in [0.15, 0.2) is 0 Å². The van der Waals surface area contributed by atoms with Crippen molar-refractivity contribution in [2.45, 2.75) is 31.4 Å². The van der Waals surface area contributed by atoms with E-state index in [4.69, 9.17) is 9.47 Å². The lowest BCUT2D eigenvalue weighted by molar-refractivity contribution is -0.115. The van der Waals surface area contributed by atoms with Crippen molar-refractivity contribution in [2.24, 2.45) is 5.92 Å². The molecule has 1 aromatic rings. The third-order valence-electron chi connectivity index (χ3n) is 4.12. The molecule has 1 aliphatic carbocycles. The van der Waals surface area contributed by atoms with Crippen LogP contribution in [0, 0.1) is 5.92 Å². The van der Waals surface area contributed by atoms with Crippen LogP contribution in [0.1, 0.15) is 19.3 Å². The van der Waals surface area contributed by atoms with E-state index in [1.807, 2.05) is 24.3 Å². The number of benzene rings is 1. The van der Waals surface area contributed by atoms with E-state index in [9.17, 15) is 4.79 Å². The summed E-state index contributed by atoms with van der Waals surface area (Å²) in [6, 6.07) is 7.65. The fourth-order valence-corrected chi connectivity index (χ4v) is 2.82. The molecular formula is C16H22N2O3. The minimum atomic E-state index is -0.0263. The van der Waals surface area contributed by atoms with Crippen molar-refractivity contribution in [3.63, 3.8) is 0 Å². The molecule has 5 heteroatoms. The van der Waals surface area contributed by atoms with E-state index in [1.165, 1.54) is 12.8 Å². The molecule has 1 saturated heterocycles. The van der Waals surface area contributed by atoms with E-state index >= 15 is 0 Å². The van der Waals surface area contributed by atoms with Crippen molar-refractivity contribution in [3.05, 3.63) is 24.3 Å². The highest BCUT2D eigenvalue weighted by atomic mass is 16.5. The van der Waals surface area contributed by atoms with E-state index in [2.05, 4.69) is 10.6 Å². The summed E-state index contributed by atoms with van der Waals surface area (Å²) in [4.78, 5) is 12.0. The first-order valence-electron chi connectivity index (χ1n) is 7.55. The molecule has 0 aromatic heterocycles. The van der Waals surface area contributed by atoms with Crippen LogP contribution >= 0.6 is 0 Å². The van der Waals surface area contributed by atoms with Crippen LogP contribution in [0.2, 0.25) is 0 Å². The normalized spacial score (nSPS) is 24.8. The van der Waals surface area contributed by atoms with Crippen molar-refractivity contribution in [1.82, 2.24) is 5.32 Å². The van der Waals surface area contributed by atoms with Gasteiger partial charge in [-0.15, -0.1) is 0 Å². The number of carbonyl (C=O) groups is 1. The van der Waals surface area contributed by atoms with Gasteiger partial charge in [-0.3, -0.25) is 4.79 Å². The zero-order chi connectivity index (χ0) is 14.7. The summed E-state index contributed by atoms with van der Waals surface area (Å²) in [6.07, 6.45) is 3.83. The Morgan fingerprint density at radius 2 is 2.05 bits per heavy atom. The van der Waals surface area contributed by atoms with E-state index in [0.29, 0.717) is 24.6 Å². The van der Waals surface area contributed by atoms with Gasteiger partial charge in [-0.25, -0.2) is 0 Å². The lowest BCUT2D eigenvalue weighted by Gasteiger charge is -2.19. The van der Waals surface area contributed by atoms with Crippen molar-refractivity contribution >= 4 is 11.6 Å². The molecule has 1 saturated carbocycles. The average Bonchev–Trinajstić information content (AvgIpc) is 3.24. The van der Waals surface area contributed by atoms with Crippen LogP contribution in [-0.2, 0) is 9.53 Å². The summed E-state index contributed by atoms with van der Waals surface area (Å²) in [6.45, 7) is 1.13. The fourth-order valence-electron chi connectivity index (χ4n) is 2.82.